The highest BCUT2D eigenvalue weighted by Gasteiger charge is 2.29. The van der Waals surface area contributed by atoms with Crippen LogP contribution in [-0.2, 0) is 4.79 Å². The fraction of sp³-hybridized carbons (Fsp3) is 0.353. The van der Waals surface area contributed by atoms with Crippen LogP contribution in [0.15, 0.2) is 23.3 Å². The van der Waals surface area contributed by atoms with Gasteiger partial charge in [0, 0.05) is 23.9 Å². The van der Waals surface area contributed by atoms with Crippen LogP contribution in [-0.4, -0.2) is 24.7 Å². The number of carbonyl (C=O) groups is 1. The van der Waals surface area contributed by atoms with Crippen molar-refractivity contribution < 1.29 is 9.18 Å². The van der Waals surface area contributed by atoms with Crippen LogP contribution in [0.1, 0.15) is 38.3 Å². The number of nitrogens with one attached hydrogen (secondary N) is 1. The van der Waals surface area contributed by atoms with Gasteiger partial charge in [0.15, 0.2) is 0 Å². The number of hydrazone groups is 1. The summed E-state index contributed by atoms with van der Waals surface area (Å²) >= 11 is 0. The van der Waals surface area contributed by atoms with Crippen molar-refractivity contribution in [1.29, 1.82) is 5.26 Å². The predicted molar refractivity (Wildman–Crippen MR) is 88.5 cm³/mol. The molecule has 0 fully saturated rings. The van der Waals surface area contributed by atoms with E-state index in [0.717, 1.165) is 16.8 Å². The Balaban J connectivity index is 2.33. The number of nitrogens with zero attached hydrogens (tertiary/aromatic N) is 3. The summed E-state index contributed by atoms with van der Waals surface area (Å²) in [6.07, 6.45) is 3.09. The molecule has 0 saturated heterocycles. The van der Waals surface area contributed by atoms with Crippen LogP contribution in [0.2, 0.25) is 0 Å². The SMILES string of the molecule is CC1=CC(C)(C)N(C)c2cc(F)c(/C=N\NC(=O)CC#N)cc21. The van der Waals surface area contributed by atoms with Gasteiger partial charge in [-0.15, -0.1) is 0 Å². The minimum atomic E-state index is -0.528. The third-order valence-electron chi connectivity index (χ3n) is 3.97. The molecule has 23 heavy (non-hydrogen) atoms. The van der Waals surface area contributed by atoms with Crippen molar-refractivity contribution in [2.75, 3.05) is 11.9 Å². The lowest BCUT2D eigenvalue weighted by atomic mass is 9.88. The van der Waals surface area contributed by atoms with E-state index in [0.29, 0.717) is 0 Å². The average molecular weight is 314 g/mol. The van der Waals surface area contributed by atoms with Crippen LogP contribution in [0.25, 0.3) is 5.57 Å². The summed E-state index contributed by atoms with van der Waals surface area (Å²) in [6, 6.07) is 4.90. The van der Waals surface area contributed by atoms with E-state index in [1.54, 1.807) is 12.1 Å². The third-order valence-corrected chi connectivity index (χ3v) is 3.97. The molecule has 0 spiro atoms. The fourth-order valence-electron chi connectivity index (χ4n) is 2.57. The summed E-state index contributed by atoms with van der Waals surface area (Å²) in [5.74, 6) is -0.945. The molecular formula is C17H19FN4O. The first-order chi connectivity index (χ1) is 10.8. The number of allylic oxidation sites excluding steroid dienone is 1. The molecule has 5 nitrogen and oxygen atoms in total. The van der Waals surface area contributed by atoms with Crippen LogP contribution < -0.4 is 10.3 Å². The largest absolute Gasteiger partial charge is 0.365 e. The van der Waals surface area contributed by atoms with Gasteiger partial charge in [-0.05, 0) is 38.5 Å². The van der Waals surface area contributed by atoms with Crippen molar-refractivity contribution in [2.45, 2.75) is 32.7 Å². The van der Waals surface area contributed by atoms with E-state index in [9.17, 15) is 9.18 Å². The third kappa shape index (κ3) is 3.39. The molecule has 1 amide bonds. The summed E-state index contributed by atoms with van der Waals surface area (Å²) in [7, 11) is 1.93. The van der Waals surface area contributed by atoms with Crippen molar-refractivity contribution in [3.63, 3.8) is 0 Å². The fourth-order valence-corrected chi connectivity index (χ4v) is 2.57. The van der Waals surface area contributed by atoms with Gasteiger partial charge in [0.05, 0.1) is 17.8 Å². The second-order valence-corrected chi connectivity index (χ2v) is 6.06. The van der Waals surface area contributed by atoms with Crippen molar-refractivity contribution in [3.8, 4) is 6.07 Å². The van der Waals surface area contributed by atoms with E-state index >= 15 is 0 Å². The molecule has 1 aromatic rings. The van der Waals surface area contributed by atoms with E-state index < -0.39 is 11.7 Å². The molecule has 1 N–H and O–H groups in total. The minimum Gasteiger partial charge on any atom is -0.365 e. The molecule has 0 aliphatic carbocycles. The Kier molecular flexibility index (Phi) is 4.50. The standard InChI is InChI=1S/C17H19FN4O/c1-11-9-17(2,3)22(4)15-8-14(18)12(7-13(11)15)10-20-21-16(23)5-6-19/h7-10H,5H2,1-4H3,(H,21,23)/b20-10-. The van der Waals surface area contributed by atoms with Gasteiger partial charge in [-0.3, -0.25) is 4.79 Å². The van der Waals surface area contributed by atoms with Crippen molar-refractivity contribution in [3.05, 3.63) is 35.2 Å². The lowest BCUT2D eigenvalue weighted by Crippen LogP contribution is -2.42. The van der Waals surface area contributed by atoms with Crippen LogP contribution in [0.3, 0.4) is 0 Å². The van der Waals surface area contributed by atoms with E-state index in [1.807, 2.05) is 18.9 Å². The highest BCUT2D eigenvalue weighted by molar-refractivity contribution is 5.88. The number of halogens is 1. The maximum Gasteiger partial charge on any atom is 0.254 e. The molecule has 0 bridgehead atoms. The van der Waals surface area contributed by atoms with Crippen LogP contribution >= 0.6 is 0 Å². The smallest absolute Gasteiger partial charge is 0.254 e. The second-order valence-electron chi connectivity index (χ2n) is 6.06. The van der Waals surface area contributed by atoms with Gasteiger partial charge < -0.3 is 4.90 Å². The highest BCUT2D eigenvalue weighted by Crippen LogP contribution is 2.38. The predicted octanol–water partition coefficient (Wildman–Crippen LogP) is 2.82. The lowest BCUT2D eigenvalue weighted by molar-refractivity contribution is -0.120. The molecule has 1 aromatic carbocycles. The van der Waals surface area contributed by atoms with Gasteiger partial charge in [0.2, 0.25) is 0 Å². The Morgan fingerprint density at radius 3 is 2.87 bits per heavy atom. The van der Waals surface area contributed by atoms with Gasteiger partial charge >= 0.3 is 0 Å². The zero-order valence-electron chi connectivity index (χ0n) is 13.6. The van der Waals surface area contributed by atoms with Gasteiger partial charge in [-0.1, -0.05) is 6.08 Å². The van der Waals surface area contributed by atoms with E-state index in [1.165, 1.54) is 12.3 Å². The van der Waals surface area contributed by atoms with Crippen molar-refractivity contribution in [1.82, 2.24) is 5.43 Å². The van der Waals surface area contributed by atoms with Gasteiger partial charge in [0.25, 0.3) is 5.91 Å². The molecule has 1 heterocycles. The van der Waals surface area contributed by atoms with Crippen LogP contribution in [0.5, 0.6) is 0 Å². The van der Waals surface area contributed by atoms with Crippen molar-refractivity contribution >= 4 is 23.4 Å². The zero-order valence-corrected chi connectivity index (χ0v) is 13.6. The molecule has 120 valence electrons. The molecule has 0 radical (unpaired) electrons. The number of nitriles is 1. The normalized spacial score (nSPS) is 15.8. The number of benzene rings is 1. The quantitative estimate of drug-likeness (QED) is 0.689. The maximum atomic E-state index is 14.3. The van der Waals surface area contributed by atoms with E-state index in [-0.39, 0.29) is 17.5 Å². The van der Waals surface area contributed by atoms with Crippen molar-refractivity contribution in [2.24, 2.45) is 5.10 Å². The number of likely N-dealkylation sites (N-methyl/N-ethyl adjacent to an activating group) is 1. The molecule has 2 rings (SSSR count). The first-order valence-corrected chi connectivity index (χ1v) is 7.22. The van der Waals surface area contributed by atoms with Crippen LogP contribution in [0, 0.1) is 17.1 Å². The molecule has 0 saturated carbocycles. The summed E-state index contributed by atoms with van der Waals surface area (Å²) in [6.45, 7) is 6.12. The first kappa shape index (κ1) is 16.7. The summed E-state index contributed by atoms with van der Waals surface area (Å²) < 4.78 is 14.3. The number of rotatable bonds is 3. The Bertz CT molecular complexity index is 744. The van der Waals surface area contributed by atoms with Gasteiger partial charge in [-0.2, -0.15) is 10.4 Å². The molecule has 1 aliphatic heterocycles. The summed E-state index contributed by atoms with van der Waals surface area (Å²) in [5, 5.41) is 12.1. The monoisotopic (exact) mass is 314 g/mol. The first-order valence-electron chi connectivity index (χ1n) is 7.22. The molecule has 0 unspecified atom stereocenters. The lowest BCUT2D eigenvalue weighted by Gasteiger charge is -2.40. The number of anilines is 1. The number of carbonyl (C=O) groups excluding carboxylic acids is 1. The molecule has 0 atom stereocenters. The number of hydrogen-bond donors (Lipinski definition) is 1. The molecular weight excluding hydrogens is 295 g/mol. The average Bonchev–Trinajstić information content (AvgIpc) is 2.46. The summed E-state index contributed by atoms with van der Waals surface area (Å²) in [4.78, 5) is 13.2. The Morgan fingerprint density at radius 1 is 1.52 bits per heavy atom. The highest BCUT2D eigenvalue weighted by atomic mass is 19.1. The second kappa shape index (κ2) is 6.21. The number of amides is 1. The number of fused-ring (bicyclic) bond motifs is 1. The minimum absolute atomic E-state index is 0.190. The van der Waals surface area contributed by atoms with Gasteiger partial charge in [-0.25, -0.2) is 9.82 Å². The Morgan fingerprint density at radius 2 is 2.22 bits per heavy atom. The van der Waals surface area contributed by atoms with Gasteiger partial charge in [0.1, 0.15) is 12.2 Å². The van der Waals surface area contributed by atoms with Crippen LogP contribution in [0.4, 0.5) is 10.1 Å². The summed E-state index contributed by atoms with van der Waals surface area (Å²) in [5.41, 5.74) is 5.09. The number of hydrogen-bond acceptors (Lipinski definition) is 4. The topological polar surface area (TPSA) is 68.5 Å². The Hall–Kier alpha value is -2.68. The molecule has 0 aromatic heterocycles. The zero-order chi connectivity index (χ0) is 17.2. The van der Waals surface area contributed by atoms with E-state index in [4.69, 9.17) is 5.26 Å². The Labute approximate surface area is 135 Å². The van der Waals surface area contributed by atoms with E-state index in [2.05, 4.69) is 30.5 Å². The molecule has 6 heteroatoms. The molecule has 1 aliphatic rings. The maximum absolute atomic E-state index is 14.3.